The maximum atomic E-state index is 13.4. The molecule has 10 heteroatoms. The summed E-state index contributed by atoms with van der Waals surface area (Å²) in [5, 5.41) is 0. The van der Waals surface area contributed by atoms with Crippen LogP contribution in [0.5, 0.6) is 5.75 Å². The molecular formula is C20H15F3N2O3S2. The third-order valence-electron chi connectivity index (χ3n) is 4.35. The first kappa shape index (κ1) is 19.1. The molecule has 0 radical (unpaired) electrons. The highest BCUT2D eigenvalue weighted by molar-refractivity contribution is 7.90. The summed E-state index contributed by atoms with van der Waals surface area (Å²) in [6, 6.07) is 10.2. The van der Waals surface area contributed by atoms with Crippen molar-refractivity contribution in [1.29, 1.82) is 0 Å². The molecule has 2 heterocycles. The summed E-state index contributed by atoms with van der Waals surface area (Å²) >= 11 is 1.38. The van der Waals surface area contributed by atoms with Crippen molar-refractivity contribution in [3.8, 4) is 5.75 Å². The molecule has 3 aromatic rings. The van der Waals surface area contributed by atoms with Crippen LogP contribution >= 0.6 is 11.3 Å². The highest BCUT2D eigenvalue weighted by atomic mass is 32.2. The highest BCUT2D eigenvalue weighted by Crippen LogP contribution is 2.35. The molecule has 4 rings (SSSR count). The number of sulfone groups is 1. The first-order chi connectivity index (χ1) is 14.5. The molecule has 0 saturated heterocycles. The molecule has 5 nitrogen and oxygen atoms in total. The Labute approximate surface area is 176 Å². The number of rotatable bonds is 4. The Kier molecular flexibility index (Phi) is 4.75. The molecule has 0 bridgehead atoms. The minimum absolute atomic E-state index is 0.0617. The van der Waals surface area contributed by atoms with E-state index in [0.29, 0.717) is 17.3 Å². The average Bonchev–Trinajstić information content (AvgIpc) is 3.18. The van der Waals surface area contributed by atoms with Gasteiger partial charge in [-0.1, -0.05) is 12.1 Å². The summed E-state index contributed by atoms with van der Waals surface area (Å²) in [7, 11) is -3.60. The van der Waals surface area contributed by atoms with Crippen molar-refractivity contribution in [1.82, 2.24) is 4.98 Å². The summed E-state index contributed by atoms with van der Waals surface area (Å²) in [6.45, 7) is 0. The first-order valence-electron chi connectivity index (χ1n) is 9.08. The normalized spacial score (nSPS) is 18.1. The molecule has 1 atom stereocenters. The second-order valence-electron chi connectivity index (χ2n) is 6.50. The Bertz CT molecular complexity index is 1320. The third-order valence-corrected chi connectivity index (χ3v) is 6.25. The highest BCUT2D eigenvalue weighted by Gasteiger charge is 2.36. The molecule has 2 aromatic carbocycles. The van der Waals surface area contributed by atoms with Gasteiger partial charge in [-0.25, -0.2) is 13.4 Å². The number of hydrogen-bond acceptors (Lipinski definition) is 6. The van der Waals surface area contributed by atoms with Crippen LogP contribution in [-0.2, 0) is 9.84 Å². The van der Waals surface area contributed by atoms with Crippen LogP contribution < -0.4 is 9.64 Å². The van der Waals surface area contributed by atoms with E-state index in [-0.39, 0.29) is 10.6 Å². The maximum Gasteiger partial charge on any atom is 0.417 e. The van der Waals surface area contributed by atoms with Crippen LogP contribution in [0.2, 0.25) is 0 Å². The van der Waals surface area contributed by atoms with E-state index in [4.69, 9.17) is 6.11 Å². The summed E-state index contributed by atoms with van der Waals surface area (Å²) in [4.78, 5) is 5.27. The van der Waals surface area contributed by atoms with Crippen LogP contribution in [0, 0.1) is 0 Å². The summed E-state index contributed by atoms with van der Waals surface area (Å²) in [6.07, 6.45) is -3.44. The van der Waals surface area contributed by atoms with E-state index in [2.05, 4.69) is 4.98 Å². The fraction of sp³-hybridized carbons (Fsp3) is 0.150. The number of aromatic nitrogens is 1. The monoisotopic (exact) mass is 453 g/mol. The zero-order valence-corrected chi connectivity index (χ0v) is 17.1. The lowest BCUT2D eigenvalue weighted by atomic mass is 10.1. The molecule has 0 aliphatic carbocycles. The van der Waals surface area contributed by atoms with Crippen LogP contribution in [-0.4, -0.2) is 32.1 Å². The van der Waals surface area contributed by atoms with Gasteiger partial charge >= 0.3 is 6.18 Å². The number of benzene rings is 2. The Hall–Kier alpha value is -2.85. The second-order valence-corrected chi connectivity index (χ2v) is 9.40. The lowest BCUT2D eigenvalue weighted by Crippen LogP contribution is -2.37. The maximum absolute atomic E-state index is 13.4. The number of anilines is 1. The van der Waals surface area contributed by atoms with Gasteiger partial charge in [-0.05, 0) is 42.5 Å². The van der Waals surface area contributed by atoms with E-state index in [1.807, 2.05) is 6.07 Å². The van der Waals surface area contributed by atoms with Crippen LogP contribution in [0.4, 0.5) is 18.9 Å². The van der Waals surface area contributed by atoms with Crippen molar-refractivity contribution in [2.75, 3.05) is 11.2 Å². The number of allylic oxidation sites excluding steroid dienone is 2. The fourth-order valence-corrected chi connectivity index (χ4v) is 4.26. The number of nitrogens with zero attached hydrogens (tertiary/aromatic N) is 2. The Morgan fingerprint density at radius 2 is 2.00 bits per heavy atom. The average molecular weight is 453 g/mol. The Morgan fingerprint density at radius 3 is 2.73 bits per heavy atom. The van der Waals surface area contributed by atoms with Gasteiger partial charge in [-0.3, -0.25) is 0 Å². The molecule has 0 N–H and O–H groups in total. The molecule has 1 unspecified atom stereocenters. The van der Waals surface area contributed by atoms with Gasteiger partial charge in [0.15, 0.2) is 16.1 Å². The van der Waals surface area contributed by atoms with Gasteiger partial charge < -0.3 is 9.64 Å². The number of alkyl halides is 3. The summed E-state index contributed by atoms with van der Waals surface area (Å²) in [5.74, 6) is 0.301. The second kappa shape index (κ2) is 7.44. The van der Waals surface area contributed by atoms with Crippen molar-refractivity contribution in [3.05, 3.63) is 71.9 Å². The molecule has 0 fully saturated rings. The molecule has 0 spiro atoms. The predicted octanol–water partition coefficient (Wildman–Crippen LogP) is 4.93. The summed E-state index contributed by atoms with van der Waals surface area (Å²) in [5.41, 5.74) is 1.23. The number of halogens is 3. The Morgan fingerprint density at radius 1 is 1.23 bits per heavy atom. The molecule has 1 aliphatic rings. The molecule has 0 amide bonds. The zero-order chi connectivity index (χ0) is 22.4. The lowest BCUT2D eigenvalue weighted by molar-refractivity contribution is -0.0888. The molecular weight excluding hydrogens is 437 g/mol. The van der Waals surface area contributed by atoms with E-state index in [0.717, 1.165) is 22.1 Å². The van der Waals surface area contributed by atoms with Crippen LogP contribution in [0.15, 0.2) is 76.8 Å². The lowest BCUT2D eigenvalue weighted by Gasteiger charge is -2.32. The topological polar surface area (TPSA) is 59.5 Å². The van der Waals surface area contributed by atoms with Crippen molar-refractivity contribution < 1.29 is 27.7 Å². The fourth-order valence-electron chi connectivity index (χ4n) is 2.90. The zero-order valence-electron chi connectivity index (χ0n) is 16.4. The minimum Gasteiger partial charge on any atom is -0.464 e. The van der Waals surface area contributed by atoms with Gasteiger partial charge in [-0.2, -0.15) is 13.2 Å². The molecule has 1 aromatic heterocycles. The number of fused-ring (bicyclic) bond motifs is 1. The van der Waals surface area contributed by atoms with Gasteiger partial charge in [-0.15, -0.1) is 11.3 Å². The number of hydrogen-bond donors (Lipinski definition) is 0. The van der Waals surface area contributed by atoms with E-state index in [1.54, 1.807) is 17.6 Å². The molecule has 0 saturated carbocycles. The van der Waals surface area contributed by atoms with Gasteiger partial charge in [0.2, 0.25) is 0 Å². The number of para-hydroxylation sites is 1. The van der Waals surface area contributed by atoms with E-state index in [1.165, 1.54) is 35.6 Å². The van der Waals surface area contributed by atoms with Crippen LogP contribution in [0.25, 0.3) is 10.2 Å². The van der Waals surface area contributed by atoms with E-state index >= 15 is 0 Å². The van der Waals surface area contributed by atoms with E-state index < -0.39 is 33.9 Å². The largest absolute Gasteiger partial charge is 0.464 e. The van der Waals surface area contributed by atoms with Crippen molar-refractivity contribution in [3.63, 3.8) is 0 Å². The smallest absolute Gasteiger partial charge is 0.417 e. The molecule has 156 valence electrons. The van der Waals surface area contributed by atoms with Crippen molar-refractivity contribution in [2.45, 2.75) is 17.3 Å². The quantitative estimate of drug-likeness (QED) is 0.561. The van der Waals surface area contributed by atoms with Gasteiger partial charge in [0.25, 0.3) is 0 Å². The van der Waals surface area contributed by atoms with Crippen molar-refractivity contribution >= 4 is 37.1 Å². The number of thiazole rings is 1. The summed E-state index contributed by atoms with van der Waals surface area (Å²) < 4.78 is 79.2. The standard InChI is InChI=1S/C20H15F3N2O3S2/c1-30(26,27)15-5-2-4-14(10-15)25-11-13(20(21,22)23)8-9-18(25)28-16-6-3-7-17-19(16)24-12-29-17/h2-12,18H,1H3/i9D. The SMILES string of the molecule is [2H]C1=CC(C(F)(F)F)=CN(c2cccc(S(C)(=O)=O)c2)C1Oc1cccc2scnc12. The predicted molar refractivity (Wildman–Crippen MR) is 109 cm³/mol. The minimum atomic E-state index is -4.70. The Balaban J connectivity index is 1.82. The third kappa shape index (κ3) is 4.05. The number of ether oxygens (including phenoxy) is 1. The molecule has 1 aliphatic heterocycles. The van der Waals surface area contributed by atoms with Gasteiger partial charge in [0.1, 0.15) is 11.3 Å². The molecule has 30 heavy (non-hydrogen) atoms. The van der Waals surface area contributed by atoms with Crippen LogP contribution in [0.3, 0.4) is 0 Å². The van der Waals surface area contributed by atoms with Gasteiger partial charge in [0, 0.05) is 18.1 Å². The van der Waals surface area contributed by atoms with Gasteiger partial charge in [0.05, 0.1) is 22.0 Å². The van der Waals surface area contributed by atoms with Crippen LogP contribution in [0.1, 0.15) is 1.37 Å². The van der Waals surface area contributed by atoms with E-state index in [9.17, 15) is 21.6 Å². The van der Waals surface area contributed by atoms with Crippen molar-refractivity contribution in [2.24, 2.45) is 0 Å². The first-order valence-corrected chi connectivity index (χ1v) is 11.4.